The summed E-state index contributed by atoms with van der Waals surface area (Å²) in [6.45, 7) is -1.25. The van der Waals surface area contributed by atoms with Crippen LogP contribution in [0.1, 0.15) is 22.3 Å². The Morgan fingerprint density at radius 1 is 0.886 bits per heavy atom. The van der Waals surface area contributed by atoms with Crippen LogP contribution >= 0.6 is 22.6 Å². The van der Waals surface area contributed by atoms with Crippen LogP contribution in [0.4, 0.5) is 22.0 Å². The number of ether oxygens (including phenoxy) is 2. The van der Waals surface area contributed by atoms with Gasteiger partial charge in [-0.05, 0) is 59.0 Å². The predicted molar refractivity (Wildman–Crippen MR) is 115 cm³/mol. The summed E-state index contributed by atoms with van der Waals surface area (Å²) in [5.74, 6) is -17.7. The fourth-order valence-corrected chi connectivity index (χ4v) is 4.91. The molecular formula is C23H14F5IO6. The molecule has 0 saturated heterocycles. The Balaban J connectivity index is 1.54. The van der Waals surface area contributed by atoms with E-state index < -0.39 is 82.8 Å². The SMILES string of the molecule is O=C(O)c1cc(I)ccc1OC(=O)C1C2C=CC(C2)C1C(=O)OCc1c(F)c(F)c(F)c(F)c1F. The van der Waals surface area contributed by atoms with Crippen LogP contribution in [-0.2, 0) is 20.9 Å². The normalized spacial score (nSPS) is 22.3. The molecule has 1 fully saturated rings. The van der Waals surface area contributed by atoms with Crippen molar-refractivity contribution in [2.24, 2.45) is 23.7 Å². The molecule has 2 aromatic rings. The van der Waals surface area contributed by atoms with E-state index in [1.165, 1.54) is 18.2 Å². The molecule has 0 heterocycles. The van der Waals surface area contributed by atoms with Gasteiger partial charge in [0, 0.05) is 3.57 Å². The molecule has 0 spiro atoms. The van der Waals surface area contributed by atoms with Crippen molar-refractivity contribution >= 4 is 40.5 Å². The molecule has 0 radical (unpaired) electrons. The number of carbonyl (C=O) groups excluding carboxylic acids is 2. The highest BCUT2D eigenvalue weighted by atomic mass is 127. The monoisotopic (exact) mass is 608 g/mol. The quantitative estimate of drug-likeness (QED) is 0.0968. The van der Waals surface area contributed by atoms with E-state index >= 15 is 0 Å². The zero-order valence-electron chi connectivity index (χ0n) is 17.4. The molecule has 2 aliphatic rings. The average molecular weight is 608 g/mol. The summed E-state index contributed by atoms with van der Waals surface area (Å²) in [6, 6.07) is 4.11. The lowest BCUT2D eigenvalue weighted by Gasteiger charge is -2.25. The maximum atomic E-state index is 13.9. The van der Waals surface area contributed by atoms with Crippen LogP contribution in [0.2, 0.25) is 0 Å². The number of rotatable bonds is 6. The Kier molecular flexibility index (Phi) is 6.84. The molecular weight excluding hydrogens is 594 g/mol. The number of aromatic carboxylic acids is 1. The number of allylic oxidation sites excluding steroid dienone is 2. The fourth-order valence-electron chi connectivity index (χ4n) is 4.42. The molecule has 1 saturated carbocycles. The van der Waals surface area contributed by atoms with Gasteiger partial charge in [-0.1, -0.05) is 12.2 Å². The minimum absolute atomic E-state index is 0.233. The highest BCUT2D eigenvalue weighted by Crippen LogP contribution is 2.49. The molecule has 12 heteroatoms. The Morgan fingerprint density at radius 3 is 2.00 bits per heavy atom. The van der Waals surface area contributed by atoms with Gasteiger partial charge in [0.15, 0.2) is 23.3 Å². The standard InChI is InChI=1S/C23H14F5IO6/c24-16-12(17(25)19(27)20(28)18(16)26)7-34-22(32)14-8-1-2-9(5-8)15(14)23(33)35-13-4-3-10(29)6-11(13)21(30)31/h1-4,6,8-9,14-15H,5,7H2,(H,30,31). The van der Waals surface area contributed by atoms with Crippen molar-refractivity contribution < 1.29 is 50.9 Å². The van der Waals surface area contributed by atoms with E-state index in [1.54, 1.807) is 12.2 Å². The first-order valence-corrected chi connectivity index (χ1v) is 11.2. The minimum Gasteiger partial charge on any atom is -0.478 e. The second-order valence-corrected chi connectivity index (χ2v) is 9.27. The number of fused-ring (bicyclic) bond motifs is 2. The van der Waals surface area contributed by atoms with E-state index in [0.29, 0.717) is 9.99 Å². The molecule has 0 amide bonds. The third-order valence-corrected chi connectivity index (χ3v) is 6.72. The molecule has 4 unspecified atom stereocenters. The fraction of sp³-hybridized carbons (Fsp3) is 0.261. The topological polar surface area (TPSA) is 89.9 Å². The smallest absolute Gasteiger partial charge is 0.339 e. The van der Waals surface area contributed by atoms with E-state index in [2.05, 4.69) is 0 Å². The second-order valence-electron chi connectivity index (χ2n) is 8.02. The van der Waals surface area contributed by atoms with Gasteiger partial charge < -0.3 is 14.6 Å². The summed E-state index contributed by atoms with van der Waals surface area (Å²) in [4.78, 5) is 37.3. The number of hydrogen-bond donors (Lipinski definition) is 1. The number of carboxylic acids is 1. The maximum Gasteiger partial charge on any atom is 0.339 e. The number of esters is 2. The van der Waals surface area contributed by atoms with Crippen molar-refractivity contribution in [3.8, 4) is 5.75 Å². The number of hydrogen-bond acceptors (Lipinski definition) is 5. The zero-order valence-corrected chi connectivity index (χ0v) is 19.5. The van der Waals surface area contributed by atoms with Crippen LogP contribution < -0.4 is 4.74 Å². The van der Waals surface area contributed by atoms with E-state index in [-0.39, 0.29) is 11.3 Å². The van der Waals surface area contributed by atoms with Gasteiger partial charge in [-0.3, -0.25) is 9.59 Å². The molecule has 184 valence electrons. The molecule has 4 atom stereocenters. The molecule has 4 rings (SSSR count). The first kappa shape index (κ1) is 25.1. The Hall–Kier alpha value is -3.03. The third kappa shape index (κ3) is 4.50. The second kappa shape index (κ2) is 9.55. The summed E-state index contributed by atoms with van der Waals surface area (Å²) in [5, 5.41) is 9.37. The highest BCUT2D eigenvalue weighted by Gasteiger charge is 2.53. The van der Waals surface area contributed by atoms with Crippen molar-refractivity contribution in [1.29, 1.82) is 0 Å². The molecule has 0 aromatic heterocycles. The minimum atomic E-state index is -2.34. The predicted octanol–water partition coefficient (Wildman–Crippen LogP) is 4.77. The van der Waals surface area contributed by atoms with Crippen molar-refractivity contribution in [3.05, 3.63) is 74.1 Å². The van der Waals surface area contributed by atoms with E-state index in [9.17, 15) is 41.4 Å². The largest absolute Gasteiger partial charge is 0.478 e. The zero-order chi connectivity index (χ0) is 25.6. The van der Waals surface area contributed by atoms with Gasteiger partial charge in [-0.15, -0.1) is 0 Å². The van der Waals surface area contributed by atoms with Crippen molar-refractivity contribution in [2.75, 3.05) is 0 Å². The van der Waals surface area contributed by atoms with Gasteiger partial charge in [0.05, 0.1) is 17.4 Å². The Bertz CT molecular complexity index is 1250. The molecule has 2 bridgehead atoms. The third-order valence-electron chi connectivity index (χ3n) is 6.05. The van der Waals surface area contributed by atoms with Crippen LogP contribution in [0.3, 0.4) is 0 Å². The van der Waals surface area contributed by atoms with E-state index in [0.717, 1.165) is 0 Å². The van der Waals surface area contributed by atoms with Crippen molar-refractivity contribution in [3.63, 3.8) is 0 Å². The lowest BCUT2D eigenvalue weighted by atomic mass is 9.83. The van der Waals surface area contributed by atoms with Gasteiger partial charge in [-0.2, -0.15) is 0 Å². The van der Waals surface area contributed by atoms with Crippen LogP contribution in [0.25, 0.3) is 0 Å². The lowest BCUT2D eigenvalue weighted by Crippen LogP contribution is -2.36. The summed E-state index contributed by atoms with van der Waals surface area (Å²) < 4.78 is 78.7. The lowest BCUT2D eigenvalue weighted by molar-refractivity contribution is -0.158. The number of benzene rings is 2. The first-order valence-electron chi connectivity index (χ1n) is 10.1. The number of carboxylic acid groups (broad SMARTS) is 1. The molecule has 2 aromatic carbocycles. The molecule has 35 heavy (non-hydrogen) atoms. The average Bonchev–Trinajstić information content (AvgIpc) is 3.44. The number of halogens is 6. The van der Waals surface area contributed by atoms with Gasteiger partial charge in [-0.25, -0.2) is 26.7 Å². The van der Waals surface area contributed by atoms with Crippen molar-refractivity contribution in [1.82, 2.24) is 0 Å². The molecule has 0 aliphatic heterocycles. The maximum absolute atomic E-state index is 13.9. The summed E-state index contributed by atoms with van der Waals surface area (Å²) in [6.07, 6.45) is 3.71. The van der Waals surface area contributed by atoms with Crippen LogP contribution in [0, 0.1) is 56.3 Å². The van der Waals surface area contributed by atoms with Gasteiger partial charge >= 0.3 is 17.9 Å². The summed E-state index contributed by atoms with van der Waals surface area (Å²) in [7, 11) is 0. The molecule has 1 N–H and O–H groups in total. The Morgan fingerprint density at radius 2 is 1.43 bits per heavy atom. The van der Waals surface area contributed by atoms with E-state index in [4.69, 9.17) is 9.47 Å². The molecule has 6 nitrogen and oxygen atoms in total. The first-order chi connectivity index (χ1) is 16.5. The summed E-state index contributed by atoms with van der Waals surface area (Å²) in [5.41, 5.74) is -1.59. The highest BCUT2D eigenvalue weighted by molar-refractivity contribution is 14.1. The van der Waals surface area contributed by atoms with Crippen LogP contribution in [0.5, 0.6) is 5.75 Å². The summed E-state index contributed by atoms with van der Waals surface area (Å²) >= 11 is 1.88. The van der Waals surface area contributed by atoms with E-state index in [1.807, 2.05) is 22.6 Å². The number of carbonyl (C=O) groups is 3. The Labute approximate surface area is 207 Å². The molecule has 2 aliphatic carbocycles. The van der Waals surface area contributed by atoms with Crippen LogP contribution in [-0.4, -0.2) is 23.0 Å². The van der Waals surface area contributed by atoms with Gasteiger partial charge in [0.1, 0.15) is 17.9 Å². The van der Waals surface area contributed by atoms with Gasteiger partial charge in [0.2, 0.25) is 5.82 Å². The van der Waals surface area contributed by atoms with Crippen molar-refractivity contribution in [2.45, 2.75) is 13.0 Å². The van der Waals surface area contributed by atoms with Gasteiger partial charge in [0.25, 0.3) is 0 Å². The van der Waals surface area contributed by atoms with Crippen LogP contribution in [0.15, 0.2) is 30.4 Å².